The van der Waals surface area contributed by atoms with Crippen LogP contribution in [0.2, 0.25) is 0 Å². The minimum atomic E-state index is -0.261. The molecule has 9 aromatic carbocycles. The smallest absolute Gasteiger partial charge is 0.164 e. The van der Waals surface area contributed by atoms with Gasteiger partial charge in [0.15, 0.2) is 23.1 Å². The summed E-state index contributed by atoms with van der Waals surface area (Å²) in [6.45, 7) is 20.5. The second-order valence-corrected chi connectivity index (χ2v) is 22.6. The Morgan fingerprint density at radius 1 is 0.347 bits per heavy atom. The zero-order chi connectivity index (χ0) is 52.1. The van der Waals surface area contributed by atoms with Crippen LogP contribution in [0.15, 0.2) is 223 Å². The second kappa shape index (κ2) is 19.3. The van der Waals surface area contributed by atoms with Crippen LogP contribution in [0.25, 0.3) is 67.2 Å². The van der Waals surface area contributed by atoms with E-state index < -0.39 is 0 Å². The molecule has 0 bridgehead atoms. The van der Waals surface area contributed by atoms with Crippen molar-refractivity contribution < 1.29 is 4.42 Å². The van der Waals surface area contributed by atoms with E-state index in [0.29, 0.717) is 17.5 Å². The Labute approximate surface area is 442 Å². The average molecular weight is 978 g/mol. The SMILES string of the molecule is CC(C)(C)c1ccc(N(c2ccccc2)c2cc(C(C)(C)C)cc(N(c3ccc(C(C)(C)C)cc3)c3ccc(-c4nc(-c5ccccc5)nc(-c5ccccc5)n4)c4c3oc3ccccc34)c2-c2ccccc2)cc1. The Hall–Kier alpha value is -8.61. The predicted octanol–water partition coefficient (Wildman–Crippen LogP) is 19.3. The van der Waals surface area contributed by atoms with Crippen LogP contribution >= 0.6 is 0 Å². The summed E-state index contributed by atoms with van der Waals surface area (Å²) in [5.41, 5.74) is 15.7. The molecule has 370 valence electrons. The maximum atomic E-state index is 7.25. The van der Waals surface area contributed by atoms with Crippen molar-refractivity contribution in [3.63, 3.8) is 0 Å². The Morgan fingerprint density at radius 3 is 1.27 bits per heavy atom. The molecular weight excluding hydrogens is 915 g/mol. The topological polar surface area (TPSA) is 58.3 Å². The second-order valence-electron chi connectivity index (χ2n) is 22.6. The molecule has 0 spiro atoms. The Kier molecular flexibility index (Phi) is 12.5. The van der Waals surface area contributed by atoms with E-state index in [4.69, 9.17) is 19.4 Å². The molecule has 0 amide bonds. The molecule has 2 aromatic heterocycles. The number of aromatic nitrogens is 3. The number of fused-ring (bicyclic) bond motifs is 3. The van der Waals surface area contributed by atoms with Gasteiger partial charge in [-0.3, -0.25) is 0 Å². The standard InChI is InChI=1S/C69H63N5O/c1-67(2,3)49-34-38-53(39-35-49)73(52-30-20-13-21-31-52)58-44-51(69(7,8)9)45-59(61(58)46-24-14-10-15-25-46)74(54-40-36-50(37-41-54)68(4,5)6)57-43-42-56(62-55-32-22-23-33-60(55)75-63(57)62)66-71-64(47-26-16-11-17-27-47)70-65(72-66)48-28-18-12-19-29-48/h10-45H,1-9H3. The van der Waals surface area contributed by atoms with Crippen molar-refractivity contribution in [2.45, 2.75) is 78.6 Å². The summed E-state index contributed by atoms with van der Waals surface area (Å²) in [6, 6.07) is 77.6. The minimum Gasteiger partial charge on any atom is -0.454 e. The van der Waals surface area contributed by atoms with Gasteiger partial charge in [0.05, 0.1) is 17.1 Å². The fraction of sp³-hybridized carbons (Fsp3) is 0.174. The third-order valence-electron chi connectivity index (χ3n) is 14.2. The molecule has 2 heterocycles. The van der Waals surface area contributed by atoms with Gasteiger partial charge in [0, 0.05) is 50.1 Å². The van der Waals surface area contributed by atoms with E-state index >= 15 is 0 Å². The average Bonchev–Trinajstić information content (AvgIpc) is 3.83. The molecule has 6 heteroatoms. The molecule has 11 rings (SSSR count). The molecule has 0 unspecified atom stereocenters. The van der Waals surface area contributed by atoms with Crippen molar-refractivity contribution in [3.05, 3.63) is 235 Å². The van der Waals surface area contributed by atoms with Gasteiger partial charge in [0.2, 0.25) is 0 Å². The monoisotopic (exact) mass is 978 g/mol. The first-order valence-electron chi connectivity index (χ1n) is 26.0. The van der Waals surface area contributed by atoms with E-state index in [2.05, 4.69) is 224 Å². The van der Waals surface area contributed by atoms with E-state index in [1.54, 1.807) is 0 Å². The highest BCUT2D eigenvalue weighted by Crippen LogP contribution is 2.53. The van der Waals surface area contributed by atoms with Crippen LogP contribution in [0.4, 0.5) is 34.1 Å². The molecule has 0 atom stereocenters. The van der Waals surface area contributed by atoms with Gasteiger partial charge >= 0.3 is 0 Å². The normalized spacial score (nSPS) is 12.1. The first kappa shape index (κ1) is 48.6. The molecular formula is C69H63N5O. The maximum Gasteiger partial charge on any atom is 0.164 e. The van der Waals surface area contributed by atoms with Crippen molar-refractivity contribution in [2.24, 2.45) is 0 Å². The molecule has 0 saturated heterocycles. The fourth-order valence-electron chi connectivity index (χ4n) is 10.0. The predicted molar refractivity (Wildman–Crippen MR) is 314 cm³/mol. The van der Waals surface area contributed by atoms with E-state index in [1.165, 1.54) is 16.7 Å². The van der Waals surface area contributed by atoms with Gasteiger partial charge in [-0.15, -0.1) is 0 Å². The number of furan rings is 1. The first-order chi connectivity index (χ1) is 36.1. The Balaban J connectivity index is 1.25. The van der Waals surface area contributed by atoms with Crippen molar-refractivity contribution in [3.8, 4) is 45.3 Å². The van der Waals surface area contributed by atoms with Crippen molar-refractivity contribution >= 4 is 56.1 Å². The number of hydrogen-bond acceptors (Lipinski definition) is 6. The van der Waals surface area contributed by atoms with E-state index in [9.17, 15) is 0 Å². The van der Waals surface area contributed by atoms with Crippen LogP contribution in [-0.4, -0.2) is 15.0 Å². The summed E-state index contributed by atoms with van der Waals surface area (Å²) in [5.74, 6) is 1.75. The van der Waals surface area contributed by atoms with Crippen molar-refractivity contribution in [1.29, 1.82) is 0 Å². The number of para-hydroxylation sites is 2. The van der Waals surface area contributed by atoms with Crippen molar-refractivity contribution in [2.75, 3.05) is 9.80 Å². The lowest BCUT2D eigenvalue weighted by molar-refractivity contribution is 0.589. The van der Waals surface area contributed by atoms with Gasteiger partial charge in [0.1, 0.15) is 5.58 Å². The van der Waals surface area contributed by atoms with Crippen LogP contribution in [-0.2, 0) is 16.2 Å². The number of hydrogen-bond donors (Lipinski definition) is 0. The lowest BCUT2D eigenvalue weighted by atomic mass is 9.83. The van der Waals surface area contributed by atoms with Gasteiger partial charge < -0.3 is 14.2 Å². The maximum absolute atomic E-state index is 7.25. The molecule has 11 aromatic rings. The Morgan fingerprint density at radius 2 is 0.760 bits per heavy atom. The minimum absolute atomic E-state index is 0.0108. The highest BCUT2D eigenvalue weighted by Gasteiger charge is 2.31. The Bertz CT molecular complexity index is 3730. The van der Waals surface area contributed by atoms with Crippen LogP contribution in [0.5, 0.6) is 0 Å². The molecule has 0 radical (unpaired) electrons. The molecule has 0 fully saturated rings. The molecule has 0 saturated carbocycles. The first-order valence-corrected chi connectivity index (χ1v) is 26.0. The summed E-state index contributed by atoms with van der Waals surface area (Å²) in [6.07, 6.45) is 0. The van der Waals surface area contributed by atoms with Crippen LogP contribution in [0, 0.1) is 0 Å². The molecule has 0 aliphatic rings. The van der Waals surface area contributed by atoms with E-state index in [1.807, 2.05) is 66.7 Å². The third-order valence-corrected chi connectivity index (χ3v) is 14.2. The summed E-state index contributed by atoms with van der Waals surface area (Å²) in [7, 11) is 0. The van der Waals surface area contributed by atoms with Gasteiger partial charge in [0.25, 0.3) is 0 Å². The molecule has 75 heavy (non-hydrogen) atoms. The zero-order valence-corrected chi connectivity index (χ0v) is 44.4. The van der Waals surface area contributed by atoms with Crippen LogP contribution < -0.4 is 9.80 Å². The summed E-state index contributed by atoms with van der Waals surface area (Å²) >= 11 is 0. The molecule has 6 nitrogen and oxygen atoms in total. The third kappa shape index (κ3) is 9.61. The number of benzene rings is 9. The van der Waals surface area contributed by atoms with Crippen LogP contribution in [0.1, 0.15) is 79.0 Å². The zero-order valence-electron chi connectivity index (χ0n) is 44.4. The van der Waals surface area contributed by atoms with E-state index in [-0.39, 0.29) is 16.2 Å². The lowest BCUT2D eigenvalue weighted by Gasteiger charge is -2.35. The highest BCUT2D eigenvalue weighted by atomic mass is 16.3. The largest absolute Gasteiger partial charge is 0.454 e. The molecule has 0 aliphatic heterocycles. The summed E-state index contributed by atoms with van der Waals surface area (Å²) in [5, 5.41) is 1.89. The number of anilines is 6. The van der Waals surface area contributed by atoms with Gasteiger partial charge in [-0.05, 0) is 105 Å². The summed E-state index contributed by atoms with van der Waals surface area (Å²) < 4.78 is 7.25. The fourth-order valence-corrected chi connectivity index (χ4v) is 10.0. The lowest BCUT2D eigenvalue weighted by Crippen LogP contribution is -2.20. The quantitative estimate of drug-likeness (QED) is 0.136. The highest BCUT2D eigenvalue weighted by molar-refractivity contribution is 6.17. The van der Waals surface area contributed by atoms with E-state index in [0.717, 1.165) is 83.9 Å². The summed E-state index contributed by atoms with van der Waals surface area (Å²) in [4.78, 5) is 20.5. The number of rotatable bonds is 10. The van der Waals surface area contributed by atoms with Gasteiger partial charge in [-0.1, -0.05) is 214 Å². The van der Waals surface area contributed by atoms with Crippen LogP contribution in [0.3, 0.4) is 0 Å². The molecule has 0 aliphatic carbocycles. The number of nitrogens with zero attached hydrogens (tertiary/aromatic N) is 5. The molecule has 0 N–H and O–H groups in total. The van der Waals surface area contributed by atoms with Gasteiger partial charge in [-0.2, -0.15) is 0 Å². The van der Waals surface area contributed by atoms with Crippen molar-refractivity contribution in [1.82, 2.24) is 15.0 Å². The van der Waals surface area contributed by atoms with Gasteiger partial charge in [-0.25, -0.2) is 15.0 Å².